The molecule has 3 heterocycles. The molecule has 4 fully saturated rings. The van der Waals surface area contributed by atoms with Crippen LogP contribution in [0.15, 0.2) is 18.2 Å². The second kappa shape index (κ2) is 7.80. The number of benzene rings is 1. The van der Waals surface area contributed by atoms with Crippen LogP contribution < -0.4 is 4.74 Å². The van der Waals surface area contributed by atoms with Crippen LogP contribution in [-0.2, 0) is 15.7 Å². The number of amides is 2. The highest BCUT2D eigenvalue weighted by molar-refractivity contribution is 6.30. The standard InChI is InChI=1S/C22H24ClF3N2O4/c23-14-1-2-19(17(6-14)22(24,25)26)32-16-7-21(8-16)11-28(12-21)20(30)27-4-3-18-13(9-27)5-15(29)10-31-18/h1-2,6,13,16,18H,3-5,7-12H2/t13-,18+/m1/s1. The Morgan fingerprint density at radius 2 is 1.97 bits per heavy atom. The van der Waals surface area contributed by atoms with E-state index in [2.05, 4.69) is 0 Å². The van der Waals surface area contributed by atoms with Gasteiger partial charge in [0.25, 0.3) is 0 Å². The van der Waals surface area contributed by atoms with Crippen molar-refractivity contribution in [1.29, 1.82) is 0 Å². The van der Waals surface area contributed by atoms with E-state index in [4.69, 9.17) is 21.1 Å². The number of piperidine rings is 1. The van der Waals surface area contributed by atoms with E-state index in [9.17, 15) is 22.8 Å². The minimum absolute atomic E-state index is 0.0103. The first kappa shape index (κ1) is 21.8. The van der Waals surface area contributed by atoms with Crippen LogP contribution in [0.4, 0.5) is 18.0 Å². The van der Waals surface area contributed by atoms with Gasteiger partial charge in [-0.1, -0.05) is 11.6 Å². The molecule has 10 heteroatoms. The second-order valence-corrected chi connectivity index (χ2v) is 9.95. The number of ether oxygens (including phenoxy) is 2. The average Bonchev–Trinajstić information content (AvgIpc) is 2.68. The first-order valence-electron chi connectivity index (χ1n) is 10.8. The Bertz CT molecular complexity index is 926. The summed E-state index contributed by atoms with van der Waals surface area (Å²) in [6.45, 7) is 2.48. The molecule has 5 rings (SSSR count). The number of carbonyl (C=O) groups is 2. The summed E-state index contributed by atoms with van der Waals surface area (Å²) >= 11 is 5.72. The molecule has 1 saturated carbocycles. The zero-order chi connectivity index (χ0) is 22.7. The van der Waals surface area contributed by atoms with E-state index >= 15 is 0 Å². The lowest BCUT2D eigenvalue weighted by Crippen LogP contribution is -2.68. The predicted octanol–water partition coefficient (Wildman–Crippen LogP) is 4.00. The highest BCUT2D eigenvalue weighted by Gasteiger charge is 2.56. The van der Waals surface area contributed by atoms with Crippen molar-refractivity contribution in [2.24, 2.45) is 11.3 Å². The molecule has 0 N–H and O–H groups in total. The Balaban J connectivity index is 1.13. The largest absolute Gasteiger partial charge is 0.490 e. The zero-order valence-electron chi connectivity index (χ0n) is 17.4. The van der Waals surface area contributed by atoms with Gasteiger partial charge >= 0.3 is 12.2 Å². The predicted molar refractivity (Wildman–Crippen MR) is 109 cm³/mol. The van der Waals surface area contributed by atoms with Gasteiger partial charge in [-0.3, -0.25) is 4.79 Å². The molecule has 1 aromatic carbocycles. The summed E-state index contributed by atoms with van der Waals surface area (Å²) in [7, 11) is 0. The van der Waals surface area contributed by atoms with Crippen LogP contribution in [0.1, 0.15) is 31.2 Å². The van der Waals surface area contributed by atoms with Crippen LogP contribution in [0.25, 0.3) is 0 Å². The molecule has 0 aromatic heterocycles. The monoisotopic (exact) mass is 472 g/mol. The lowest BCUT2D eigenvalue weighted by Gasteiger charge is -2.59. The highest BCUT2D eigenvalue weighted by atomic mass is 35.5. The number of likely N-dealkylation sites (tertiary alicyclic amines) is 2. The molecule has 4 aliphatic rings. The third kappa shape index (κ3) is 4.05. The number of rotatable bonds is 2. The molecule has 0 unspecified atom stereocenters. The van der Waals surface area contributed by atoms with Crippen molar-refractivity contribution < 1.29 is 32.2 Å². The van der Waals surface area contributed by atoms with Crippen molar-refractivity contribution >= 4 is 23.4 Å². The SMILES string of the molecule is O=C1CO[C@H]2CCN(C(=O)N3CC4(CC(Oc5ccc(Cl)cc5C(F)(F)F)C4)C3)C[C@H]2C1. The molecular formula is C22H24ClF3N2O4. The number of ketones is 1. The highest BCUT2D eigenvalue weighted by Crippen LogP contribution is 2.51. The smallest absolute Gasteiger partial charge is 0.420 e. The number of urea groups is 1. The summed E-state index contributed by atoms with van der Waals surface area (Å²) < 4.78 is 51.0. The Morgan fingerprint density at radius 3 is 2.69 bits per heavy atom. The molecule has 3 saturated heterocycles. The van der Waals surface area contributed by atoms with Crippen LogP contribution >= 0.6 is 11.6 Å². The summed E-state index contributed by atoms with van der Waals surface area (Å²) in [6.07, 6.45) is -2.37. The quantitative estimate of drug-likeness (QED) is 0.653. The molecule has 1 aliphatic carbocycles. The van der Waals surface area contributed by atoms with Gasteiger partial charge < -0.3 is 19.3 Å². The molecule has 174 valence electrons. The lowest BCUT2D eigenvalue weighted by atomic mass is 9.62. The number of halogens is 4. The fourth-order valence-corrected chi connectivity index (χ4v) is 5.68. The maximum atomic E-state index is 13.3. The number of hydrogen-bond donors (Lipinski definition) is 0. The molecule has 2 atom stereocenters. The normalized spacial score (nSPS) is 27.6. The summed E-state index contributed by atoms with van der Waals surface area (Å²) in [5.41, 5.74) is -0.946. The second-order valence-electron chi connectivity index (χ2n) is 9.51. The zero-order valence-corrected chi connectivity index (χ0v) is 18.1. The Hall–Kier alpha value is -2.00. The van der Waals surface area contributed by atoms with E-state index in [1.807, 2.05) is 0 Å². The number of carbonyl (C=O) groups excluding carboxylic acids is 2. The molecule has 0 bridgehead atoms. The minimum Gasteiger partial charge on any atom is -0.490 e. The Kier molecular flexibility index (Phi) is 5.32. The minimum atomic E-state index is -4.54. The topological polar surface area (TPSA) is 59.1 Å². The van der Waals surface area contributed by atoms with E-state index in [1.165, 1.54) is 12.1 Å². The molecule has 3 aliphatic heterocycles. The third-order valence-electron chi connectivity index (χ3n) is 7.07. The van der Waals surface area contributed by atoms with E-state index in [1.54, 1.807) is 9.80 Å². The maximum Gasteiger partial charge on any atom is 0.420 e. The Labute approximate surface area is 188 Å². The summed E-state index contributed by atoms with van der Waals surface area (Å²) in [6, 6.07) is 3.49. The van der Waals surface area contributed by atoms with E-state index in [0.29, 0.717) is 45.4 Å². The average molecular weight is 473 g/mol. The van der Waals surface area contributed by atoms with Gasteiger partial charge in [0.2, 0.25) is 0 Å². The molecule has 1 aromatic rings. The van der Waals surface area contributed by atoms with Crippen LogP contribution in [0, 0.1) is 11.3 Å². The number of Topliss-reactive ketones (excluding diaryl/α,β-unsaturated/α-hetero) is 1. The van der Waals surface area contributed by atoms with Crippen LogP contribution in [0.2, 0.25) is 5.02 Å². The van der Waals surface area contributed by atoms with E-state index < -0.39 is 11.7 Å². The first-order valence-corrected chi connectivity index (χ1v) is 11.2. The van der Waals surface area contributed by atoms with Crippen LogP contribution in [-0.4, -0.2) is 66.6 Å². The van der Waals surface area contributed by atoms with Gasteiger partial charge in [-0.15, -0.1) is 0 Å². The van der Waals surface area contributed by atoms with Crippen molar-refractivity contribution in [2.75, 3.05) is 32.8 Å². The van der Waals surface area contributed by atoms with E-state index in [-0.39, 0.29) is 52.7 Å². The van der Waals surface area contributed by atoms with Gasteiger partial charge in [0.1, 0.15) is 18.5 Å². The molecule has 0 radical (unpaired) electrons. The summed E-state index contributed by atoms with van der Waals surface area (Å²) in [5.74, 6) is -0.0627. The summed E-state index contributed by atoms with van der Waals surface area (Å²) in [5, 5.41) is 0.0103. The van der Waals surface area contributed by atoms with Gasteiger partial charge in [0, 0.05) is 49.0 Å². The van der Waals surface area contributed by atoms with Crippen molar-refractivity contribution in [3.05, 3.63) is 28.8 Å². The van der Waals surface area contributed by atoms with Gasteiger partial charge in [-0.05, 0) is 37.5 Å². The number of hydrogen-bond acceptors (Lipinski definition) is 4. The van der Waals surface area contributed by atoms with Gasteiger partial charge in [-0.25, -0.2) is 4.79 Å². The molecule has 6 nitrogen and oxygen atoms in total. The molecule has 1 spiro atoms. The van der Waals surface area contributed by atoms with Gasteiger partial charge in [0.15, 0.2) is 5.78 Å². The maximum absolute atomic E-state index is 13.3. The van der Waals surface area contributed by atoms with Crippen molar-refractivity contribution in [2.45, 2.75) is 44.1 Å². The summed E-state index contributed by atoms with van der Waals surface area (Å²) in [4.78, 5) is 28.1. The number of alkyl halides is 3. The first-order chi connectivity index (χ1) is 15.1. The fraction of sp³-hybridized carbons (Fsp3) is 0.636. The van der Waals surface area contributed by atoms with Crippen LogP contribution in [0.5, 0.6) is 5.75 Å². The molecule has 32 heavy (non-hydrogen) atoms. The fourth-order valence-electron chi connectivity index (χ4n) is 5.50. The number of nitrogens with zero attached hydrogens (tertiary/aromatic N) is 2. The van der Waals surface area contributed by atoms with Crippen molar-refractivity contribution in [3.63, 3.8) is 0 Å². The number of fused-ring (bicyclic) bond motifs is 1. The van der Waals surface area contributed by atoms with Crippen LogP contribution in [0.3, 0.4) is 0 Å². The van der Waals surface area contributed by atoms with Gasteiger partial charge in [-0.2, -0.15) is 13.2 Å². The van der Waals surface area contributed by atoms with Gasteiger partial charge in [0.05, 0.1) is 11.7 Å². The molecular weight excluding hydrogens is 449 g/mol. The van der Waals surface area contributed by atoms with E-state index in [0.717, 1.165) is 12.5 Å². The van der Waals surface area contributed by atoms with Crippen molar-refractivity contribution in [1.82, 2.24) is 9.80 Å². The Morgan fingerprint density at radius 1 is 1.22 bits per heavy atom. The third-order valence-corrected chi connectivity index (χ3v) is 7.30. The molecule has 2 amide bonds. The lowest BCUT2D eigenvalue weighted by molar-refractivity contribution is -0.143. The van der Waals surface area contributed by atoms with Crippen molar-refractivity contribution in [3.8, 4) is 5.75 Å².